The van der Waals surface area contributed by atoms with Gasteiger partial charge in [-0.05, 0) is 5.56 Å². The van der Waals surface area contributed by atoms with Crippen molar-refractivity contribution in [2.75, 3.05) is 24.6 Å². The van der Waals surface area contributed by atoms with Gasteiger partial charge in [0.25, 0.3) is 5.69 Å². The minimum atomic E-state index is -0.424. The fourth-order valence-electron chi connectivity index (χ4n) is 2.49. The molecule has 0 aliphatic carbocycles. The summed E-state index contributed by atoms with van der Waals surface area (Å²) in [7, 11) is 0. The molecule has 1 aromatic rings. The van der Waals surface area contributed by atoms with E-state index in [-0.39, 0.29) is 17.6 Å². The minimum absolute atomic E-state index is 0.0383. The molecule has 1 aliphatic rings. The molecule has 0 bridgehead atoms. The molecule has 1 heterocycles. The zero-order chi connectivity index (χ0) is 16.7. The number of nitrogens with one attached hydrogen (secondary N) is 1. The molecule has 6 nitrogen and oxygen atoms in total. The maximum atomic E-state index is 12.5. The summed E-state index contributed by atoms with van der Waals surface area (Å²) in [6, 6.07) is 6.59. The predicted octanol–water partition coefficient (Wildman–Crippen LogP) is 2.20. The van der Waals surface area contributed by atoms with Crippen LogP contribution < -0.4 is 5.32 Å². The van der Waals surface area contributed by atoms with Gasteiger partial charge in [-0.25, -0.2) is 0 Å². The molecule has 7 heteroatoms. The van der Waals surface area contributed by atoms with Crippen molar-refractivity contribution in [2.24, 2.45) is 0 Å². The van der Waals surface area contributed by atoms with E-state index in [1.807, 2.05) is 11.8 Å². The Morgan fingerprint density at radius 1 is 1.57 bits per heavy atom. The molecular formula is C16H21N3O3S. The van der Waals surface area contributed by atoms with Crippen LogP contribution in [0.2, 0.25) is 0 Å². The van der Waals surface area contributed by atoms with Gasteiger partial charge in [-0.3, -0.25) is 14.9 Å². The molecule has 1 aromatic carbocycles. The van der Waals surface area contributed by atoms with Crippen LogP contribution in [-0.4, -0.2) is 46.4 Å². The van der Waals surface area contributed by atoms with E-state index >= 15 is 0 Å². The van der Waals surface area contributed by atoms with Crippen molar-refractivity contribution in [3.8, 4) is 0 Å². The normalized spacial score (nSPS) is 17.5. The van der Waals surface area contributed by atoms with Gasteiger partial charge in [-0.2, -0.15) is 11.8 Å². The summed E-state index contributed by atoms with van der Waals surface area (Å²) < 4.78 is 0. The molecule has 2 rings (SSSR count). The Bertz CT molecular complexity index is 573. The Morgan fingerprint density at radius 2 is 2.39 bits per heavy atom. The number of carbonyl (C=O) groups is 1. The Kier molecular flexibility index (Phi) is 6.61. The smallest absolute Gasteiger partial charge is 0.269 e. The molecule has 0 radical (unpaired) electrons. The van der Waals surface area contributed by atoms with E-state index in [4.69, 9.17) is 0 Å². The van der Waals surface area contributed by atoms with Gasteiger partial charge in [0.1, 0.15) is 0 Å². The number of hydrogen-bond donors (Lipinski definition) is 1. The van der Waals surface area contributed by atoms with Gasteiger partial charge >= 0.3 is 0 Å². The number of benzene rings is 1. The van der Waals surface area contributed by atoms with Crippen LogP contribution in [0.5, 0.6) is 0 Å². The van der Waals surface area contributed by atoms with Crippen molar-refractivity contribution in [3.05, 3.63) is 52.6 Å². The molecule has 124 valence electrons. The van der Waals surface area contributed by atoms with Crippen LogP contribution in [0.1, 0.15) is 12.0 Å². The van der Waals surface area contributed by atoms with Crippen molar-refractivity contribution in [1.29, 1.82) is 0 Å². The lowest BCUT2D eigenvalue weighted by molar-refractivity contribution is -0.384. The average molecular weight is 335 g/mol. The van der Waals surface area contributed by atoms with Crippen LogP contribution in [0.3, 0.4) is 0 Å². The second-order valence-electron chi connectivity index (χ2n) is 5.42. The minimum Gasteiger partial charge on any atom is -0.335 e. The highest BCUT2D eigenvalue weighted by Gasteiger charge is 2.21. The third-order valence-electron chi connectivity index (χ3n) is 3.62. The monoisotopic (exact) mass is 335 g/mol. The zero-order valence-electron chi connectivity index (χ0n) is 12.9. The van der Waals surface area contributed by atoms with Gasteiger partial charge < -0.3 is 10.2 Å². The fraction of sp³-hybridized carbons (Fsp3) is 0.438. The molecular weight excluding hydrogens is 314 g/mol. The number of nitro groups is 1. The first kappa shape index (κ1) is 17.5. The molecule has 1 N–H and O–H groups in total. The summed E-state index contributed by atoms with van der Waals surface area (Å²) >= 11 is 1.85. The molecule has 0 aromatic heterocycles. The summed E-state index contributed by atoms with van der Waals surface area (Å²) in [6.45, 7) is 5.41. The predicted molar refractivity (Wildman–Crippen MR) is 92.4 cm³/mol. The van der Waals surface area contributed by atoms with Crippen molar-refractivity contribution in [3.63, 3.8) is 0 Å². The highest BCUT2D eigenvalue weighted by Crippen LogP contribution is 2.16. The third-order valence-corrected chi connectivity index (χ3v) is 4.75. The standard InChI is InChI=1S/C16H21N3O3S/c1-2-7-18(16(20)10-14-12-23-8-6-17-14)11-13-4-3-5-15(9-13)19(21)22/h2-5,9,14,17H,1,6-8,10-12H2. The van der Waals surface area contributed by atoms with Crippen molar-refractivity contribution >= 4 is 23.4 Å². The molecule has 1 saturated heterocycles. The Hall–Kier alpha value is -1.86. The van der Waals surface area contributed by atoms with Gasteiger partial charge in [0.15, 0.2) is 0 Å². The van der Waals surface area contributed by atoms with Crippen molar-refractivity contribution in [2.45, 2.75) is 19.0 Å². The number of hydrogen-bond acceptors (Lipinski definition) is 5. The Morgan fingerprint density at radius 3 is 3.04 bits per heavy atom. The number of nitrogens with zero attached hydrogens (tertiary/aromatic N) is 2. The highest BCUT2D eigenvalue weighted by molar-refractivity contribution is 7.99. The van der Waals surface area contributed by atoms with E-state index in [9.17, 15) is 14.9 Å². The molecule has 0 spiro atoms. The zero-order valence-corrected chi connectivity index (χ0v) is 13.8. The molecule has 23 heavy (non-hydrogen) atoms. The first-order valence-corrected chi connectivity index (χ1v) is 8.68. The second-order valence-corrected chi connectivity index (χ2v) is 6.57. The van der Waals surface area contributed by atoms with Crippen LogP contribution in [0, 0.1) is 10.1 Å². The number of non-ortho nitro benzene ring substituents is 1. The topological polar surface area (TPSA) is 75.5 Å². The molecule has 1 fully saturated rings. The third kappa shape index (κ3) is 5.37. The fourth-order valence-corrected chi connectivity index (χ4v) is 3.44. The highest BCUT2D eigenvalue weighted by atomic mass is 32.2. The largest absolute Gasteiger partial charge is 0.335 e. The quantitative estimate of drug-likeness (QED) is 0.470. The summed E-state index contributed by atoms with van der Waals surface area (Å²) in [5.74, 6) is 2.05. The van der Waals surface area contributed by atoms with Crippen LogP contribution in [0.25, 0.3) is 0 Å². The first-order chi connectivity index (χ1) is 11.1. The summed E-state index contributed by atoms with van der Waals surface area (Å²) in [5, 5.41) is 14.2. The number of nitro benzene ring substituents is 1. The maximum Gasteiger partial charge on any atom is 0.269 e. The maximum absolute atomic E-state index is 12.5. The lowest BCUT2D eigenvalue weighted by Crippen LogP contribution is -2.42. The number of carbonyl (C=O) groups excluding carboxylic acids is 1. The summed E-state index contributed by atoms with van der Waals surface area (Å²) in [4.78, 5) is 24.6. The lowest BCUT2D eigenvalue weighted by Gasteiger charge is -2.27. The van der Waals surface area contributed by atoms with Gasteiger partial charge in [0, 0.05) is 55.7 Å². The van der Waals surface area contributed by atoms with E-state index in [0.29, 0.717) is 19.5 Å². The molecule has 0 saturated carbocycles. The number of thioether (sulfide) groups is 1. The van der Waals surface area contributed by atoms with Gasteiger partial charge in [0.05, 0.1) is 4.92 Å². The first-order valence-electron chi connectivity index (χ1n) is 7.53. The van der Waals surface area contributed by atoms with E-state index in [0.717, 1.165) is 23.6 Å². The lowest BCUT2D eigenvalue weighted by atomic mass is 10.1. The average Bonchev–Trinajstić information content (AvgIpc) is 2.55. The van der Waals surface area contributed by atoms with E-state index in [2.05, 4.69) is 11.9 Å². The van der Waals surface area contributed by atoms with Crippen LogP contribution in [-0.2, 0) is 11.3 Å². The summed E-state index contributed by atoms with van der Waals surface area (Å²) in [5.41, 5.74) is 0.791. The number of amides is 1. The van der Waals surface area contributed by atoms with Crippen LogP contribution >= 0.6 is 11.8 Å². The van der Waals surface area contributed by atoms with Crippen LogP contribution in [0.15, 0.2) is 36.9 Å². The molecule has 1 unspecified atom stereocenters. The molecule has 1 amide bonds. The Balaban J connectivity index is 2.02. The van der Waals surface area contributed by atoms with E-state index in [1.165, 1.54) is 12.1 Å². The number of rotatable bonds is 7. The van der Waals surface area contributed by atoms with E-state index in [1.54, 1.807) is 23.1 Å². The van der Waals surface area contributed by atoms with Crippen molar-refractivity contribution < 1.29 is 9.72 Å². The molecule has 1 aliphatic heterocycles. The SMILES string of the molecule is C=CCN(Cc1cccc([N+](=O)[O-])c1)C(=O)CC1CSCCN1. The second kappa shape index (κ2) is 8.69. The van der Waals surface area contributed by atoms with E-state index < -0.39 is 4.92 Å². The van der Waals surface area contributed by atoms with Crippen LogP contribution in [0.4, 0.5) is 5.69 Å². The Labute approximate surface area is 140 Å². The van der Waals surface area contributed by atoms with Gasteiger partial charge in [-0.15, -0.1) is 6.58 Å². The van der Waals surface area contributed by atoms with Crippen molar-refractivity contribution in [1.82, 2.24) is 10.2 Å². The summed E-state index contributed by atoms with van der Waals surface area (Å²) in [6.07, 6.45) is 2.12. The van der Waals surface area contributed by atoms with Gasteiger partial charge in [-0.1, -0.05) is 18.2 Å². The van der Waals surface area contributed by atoms with Gasteiger partial charge in [0.2, 0.25) is 5.91 Å². The molecule has 1 atom stereocenters.